The molecular formula is C26H34O4. The zero-order valence-corrected chi connectivity index (χ0v) is 18.8. The van der Waals surface area contributed by atoms with Crippen molar-refractivity contribution in [1.82, 2.24) is 0 Å². The van der Waals surface area contributed by atoms with E-state index in [9.17, 15) is 4.79 Å². The van der Waals surface area contributed by atoms with Gasteiger partial charge >= 0.3 is 5.97 Å². The fraction of sp³-hybridized carbons (Fsp3) is 0.577. The number of fused-ring (bicyclic) bond motifs is 3. The number of carbonyl (C=O) groups excluding carboxylic acids is 1. The Labute approximate surface area is 180 Å². The molecule has 0 amide bonds. The molecule has 3 aliphatic rings. The van der Waals surface area contributed by atoms with Crippen LogP contribution in [0.15, 0.2) is 30.4 Å². The van der Waals surface area contributed by atoms with Gasteiger partial charge in [-0.25, -0.2) is 4.79 Å². The number of rotatable bonds is 0. The third-order valence-electron chi connectivity index (χ3n) is 6.54. The van der Waals surface area contributed by atoms with E-state index in [2.05, 4.69) is 44.2 Å². The molecule has 1 aromatic rings. The van der Waals surface area contributed by atoms with E-state index < -0.39 is 5.79 Å². The highest BCUT2D eigenvalue weighted by Gasteiger charge is 2.42. The lowest BCUT2D eigenvalue weighted by molar-refractivity contribution is -0.148. The fourth-order valence-corrected chi connectivity index (χ4v) is 5.18. The Bertz CT molecular complexity index is 866. The van der Waals surface area contributed by atoms with E-state index in [0.717, 1.165) is 42.4 Å². The maximum atomic E-state index is 13.2. The summed E-state index contributed by atoms with van der Waals surface area (Å²) in [4.78, 5) is 13.2. The lowest BCUT2D eigenvalue weighted by Crippen LogP contribution is -2.29. The molecule has 30 heavy (non-hydrogen) atoms. The quantitative estimate of drug-likeness (QED) is 0.403. The van der Waals surface area contributed by atoms with Crippen LogP contribution in [0.3, 0.4) is 0 Å². The summed E-state index contributed by atoms with van der Waals surface area (Å²) >= 11 is 0. The minimum Gasteiger partial charge on any atom is -0.458 e. The van der Waals surface area contributed by atoms with E-state index in [-0.39, 0.29) is 36.1 Å². The number of esters is 1. The smallest absolute Gasteiger partial charge is 0.339 e. The van der Waals surface area contributed by atoms with Crippen molar-refractivity contribution in [3.05, 3.63) is 52.6 Å². The molecule has 162 valence electrons. The van der Waals surface area contributed by atoms with E-state index in [0.29, 0.717) is 5.56 Å². The Morgan fingerprint density at radius 3 is 2.63 bits per heavy atom. The highest BCUT2D eigenvalue weighted by Crippen LogP contribution is 2.36. The molecule has 2 aliphatic heterocycles. The van der Waals surface area contributed by atoms with E-state index >= 15 is 0 Å². The van der Waals surface area contributed by atoms with Gasteiger partial charge in [-0.15, -0.1) is 0 Å². The van der Waals surface area contributed by atoms with Crippen LogP contribution in [0, 0.1) is 25.7 Å². The van der Waals surface area contributed by atoms with Gasteiger partial charge in [0.2, 0.25) is 0 Å². The molecule has 0 spiro atoms. The summed E-state index contributed by atoms with van der Waals surface area (Å²) in [5.74, 6) is -0.305. The third kappa shape index (κ3) is 4.40. The molecule has 1 unspecified atom stereocenters. The van der Waals surface area contributed by atoms with E-state index in [4.69, 9.17) is 14.2 Å². The zero-order valence-electron chi connectivity index (χ0n) is 18.8. The normalized spacial score (nSPS) is 35.5. The van der Waals surface area contributed by atoms with Gasteiger partial charge in [0, 0.05) is 11.8 Å². The first-order valence-corrected chi connectivity index (χ1v) is 11.3. The molecule has 1 aliphatic carbocycles. The maximum absolute atomic E-state index is 13.2. The summed E-state index contributed by atoms with van der Waals surface area (Å²) in [6.07, 6.45) is 12.3. The summed E-state index contributed by atoms with van der Waals surface area (Å²) in [7, 11) is 0. The Morgan fingerprint density at radius 1 is 1.03 bits per heavy atom. The highest BCUT2D eigenvalue weighted by molar-refractivity contribution is 5.95. The van der Waals surface area contributed by atoms with Crippen molar-refractivity contribution in [3.8, 4) is 0 Å². The van der Waals surface area contributed by atoms with Gasteiger partial charge in [-0.05, 0) is 64.5 Å². The summed E-state index contributed by atoms with van der Waals surface area (Å²) < 4.78 is 18.5. The molecule has 2 heterocycles. The second-order valence-corrected chi connectivity index (χ2v) is 9.61. The van der Waals surface area contributed by atoms with Crippen LogP contribution in [0.25, 0.3) is 6.08 Å². The molecule has 0 aromatic heterocycles. The van der Waals surface area contributed by atoms with Crippen LogP contribution in [0.1, 0.15) is 73.5 Å². The van der Waals surface area contributed by atoms with Gasteiger partial charge in [0.05, 0.1) is 17.8 Å². The summed E-state index contributed by atoms with van der Waals surface area (Å²) in [6.45, 7) is 10.2. The Hall–Kier alpha value is -1.91. The van der Waals surface area contributed by atoms with Crippen molar-refractivity contribution < 1.29 is 19.0 Å². The van der Waals surface area contributed by atoms with E-state index in [1.54, 1.807) is 0 Å². The van der Waals surface area contributed by atoms with Crippen molar-refractivity contribution in [3.63, 3.8) is 0 Å². The molecule has 1 saturated carbocycles. The van der Waals surface area contributed by atoms with Crippen LogP contribution in [0.2, 0.25) is 0 Å². The first-order chi connectivity index (χ1) is 14.2. The van der Waals surface area contributed by atoms with Crippen molar-refractivity contribution in [1.29, 1.82) is 0 Å². The highest BCUT2D eigenvalue weighted by atomic mass is 16.8. The second-order valence-electron chi connectivity index (χ2n) is 9.61. The minimum absolute atomic E-state index is 0.00459. The van der Waals surface area contributed by atoms with Gasteiger partial charge in [0.15, 0.2) is 5.79 Å². The first kappa shape index (κ1) is 21.3. The zero-order chi connectivity index (χ0) is 21.5. The molecule has 0 radical (unpaired) electrons. The molecule has 2 fully saturated rings. The SMILES string of the molecule is Cc1cc(C)c2c(c1)/C=C/C[C@@H]1OC(C)(C)O[C@@H]1C(C)/C=C\[C@@H]1CCC[C@@H]1OC2=O. The first-order valence-electron chi connectivity index (χ1n) is 11.3. The Morgan fingerprint density at radius 2 is 1.83 bits per heavy atom. The van der Waals surface area contributed by atoms with Gasteiger partial charge in [-0.3, -0.25) is 0 Å². The van der Waals surface area contributed by atoms with Crippen molar-refractivity contribution in [2.45, 2.75) is 84.4 Å². The standard InChI is InChI=1S/C26H34O4/c1-16-14-18(3)23-20(15-16)9-7-11-22-24(30-26(4,5)29-22)17(2)12-13-19-8-6-10-21(19)28-25(23)27/h7,9,12-15,17,19,21-22,24H,6,8,10-11H2,1-5H3/b9-7+,13-12-/t17?,19-,21-,22-,24+/m0/s1. The van der Waals surface area contributed by atoms with Crippen LogP contribution in [-0.2, 0) is 14.2 Å². The van der Waals surface area contributed by atoms with Crippen LogP contribution < -0.4 is 0 Å². The number of hydrogen-bond acceptors (Lipinski definition) is 4. The van der Waals surface area contributed by atoms with Crippen LogP contribution in [0.4, 0.5) is 0 Å². The van der Waals surface area contributed by atoms with Gasteiger partial charge in [-0.1, -0.05) is 48.9 Å². The monoisotopic (exact) mass is 410 g/mol. The molecule has 1 saturated heterocycles. The number of ether oxygens (including phenoxy) is 3. The molecule has 0 N–H and O–H groups in total. The van der Waals surface area contributed by atoms with E-state index in [1.165, 1.54) is 0 Å². The number of hydrogen-bond donors (Lipinski definition) is 0. The summed E-state index contributed by atoms with van der Waals surface area (Å²) in [6, 6.07) is 4.12. The summed E-state index contributed by atoms with van der Waals surface area (Å²) in [5.41, 5.74) is 3.70. The molecule has 5 atom stereocenters. The summed E-state index contributed by atoms with van der Waals surface area (Å²) in [5, 5.41) is 0. The van der Waals surface area contributed by atoms with Gasteiger partial charge in [0.1, 0.15) is 6.10 Å². The van der Waals surface area contributed by atoms with E-state index in [1.807, 2.05) is 26.8 Å². The van der Waals surface area contributed by atoms with Crippen molar-refractivity contribution >= 4 is 12.0 Å². The number of aryl methyl sites for hydroxylation is 2. The van der Waals surface area contributed by atoms with Crippen LogP contribution in [0.5, 0.6) is 0 Å². The molecular weight excluding hydrogens is 376 g/mol. The Balaban J connectivity index is 1.73. The average molecular weight is 411 g/mol. The number of benzene rings is 1. The Kier molecular flexibility index (Phi) is 5.91. The van der Waals surface area contributed by atoms with Crippen molar-refractivity contribution in [2.75, 3.05) is 0 Å². The average Bonchev–Trinajstić information content (AvgIpc) is 3.21. The molecule has 4 rings (SSSR count). The maximum Gasteiger partial charge on any atom is 0.339 e. The van der Waals surface area contributed by atoms with Gasteiger partial charge in [0.25, 0.3) is 0 Å². The van der Waals surface area contributed by atoms with Crippen LogP contribution >= 0.6 is 0 Å². The third-order valence-corrected chi connectivity index (χ3v) is 6.54. The molecule has 0 bridgehead atoms. The molecule has 4 nitrogen and oxygen atoms in total. The largest absolute Gasteiger partial charge is 0.458 e. The lowest BCUT2D eigenvalue weighted by Gasteiger charge is -2.23. The fourth-order valence-electron chi connectivity index (χ4n) is 5.18. The topological polar surface area (TPSA) is 44.8 Å². The lowest BCUT2D eigenvalue weighted by atomic mass is 9.93. The predicted octanol–water partition coefficient (Wildman–Crippen LogP) is 5.76. The predicted molar refractivity (Wildman–Crippen MR) is 118 cm³/mol. The second kappa shape index (κ2) is 8.32. The van der Waals surface area contributed by atoms with Crippen LogP contribution in [-0.4, -0.2) is 30.1 Å². The molecule has 4 heteroatoms. The molecule has 1 aromatic carbocycles. The van der Waals surface area contributed by atoms with Gasteiger partial charge < -0.3 is 14.2 Å². The minimum atomic E-state index is -0.584. The van der Waals surface area contributed by atoms with Gasteiger partial charge in [-0.2, -0.15) is 0 Å². The van der Waals surface area contributed by atoms with Crippen molar-refractivity contribution in [2.24, 2.45) is 11.8 Å². The number of carbonyl (C=O) groups is 1.